The maximum absolute atomic E-state index is 13.5. The topological polar surface area (TPSA) is 185 Å². The molecule has 3 saturated carbocycles. The molecule has 3 aliphatic carbocycles. The highest BCUT2D eigenvalue weighted by Crippen LogP contribution is 2.34. The number of urea groups is 1. The van der Waals surface area contributed by atoms with E-state index in [4.69, 9.17) is 5.11 Å². The van der Waals surface area contributed by atoms with Crippen molar-refractivity contribution in [3.05, 3.63) is 0 Å². The van der Waals surface area contributed by atoms with Crippen LogP contribution < -0.4 is 16.0 Å². The first kappa shape index (κ1) is 33.7. The number of hydrogen-bond donors (Lipinski definition) is 5. The minimum absolute atomic E-state index is 0.0866. The number of amides is 5. The summed E-state index contributed by atoms with van der Waals surface area (Å²) in [7, 11) is 0. The summed E-state index contributed by atoms with van der Waals surface area (Å²) in [4.78, 5) is 77.2. The SMILES string of the molecule is CC1CCCCC1NC(=O)NC1CCC(CC(=O)NC2CCC3C(C2)C(=O)N(CCC(=O)O)C(=O)CN3CCC(=O)O)CC1. The molecule has 0 aromatic heterocycles. The molecule has 4 rings (SSSR count). The number of nitrogens with zero attached hydrogens (tertiary/aromatic N) is 2. The Balaban J connectivity index is 1.26. The molecular weight excluding hydrogens is 570 g/mol. The Morgan fingerprint density at radius 2 is 1.45 bits per heavy atom. The first-order valence-corrected chi connectivity index (χ1v) is 16.4. The Bertz CT molecular complexity index is 1080. The minimum Gasteiger partial charge on any atom is -0.481 e. The molecule has 13 nitrogen and oxygen atoms in total. The quantitative estimate of drug-likeness (QED) is 0.216. The zero-order valence-corrected chi connectivity index (χ0v) is 25.8. The second kappa shape index (κ2) is 15.7. The lowest BCUT2D eigenvalue weighted by molar-refractivity contribution is -0.148. The van der Waals surface area contributed by atoms with Gasteiger partial charge in [-0.15, -0.1) is 0 Å². The van der Waals surface area contributed by atoms with Crippen LogP contribution in [0.2, 0.25) is 0 Å². The maximum Gasteiger partial charge on any atom is 0.315 e. The van der Waals surface area contributed by atoms with Gasteiger partial charge in [-0.05, 0) is 69.6 Å². The van der Waals surface area contributed by atoms with Gasteiger partial charge in [-0.3, -0.25) is 33.8 Å². The fourth-order valence-electron chi connectivity index (χ4n) is 7.60. The Kier molecular flexibility index (Phi) is 12.0. The number of imide groups is 1. The van der Waals surface area contributed by atoms with Crippen molar-refractivity contribution >= 4 is 35.7 Å². The second-order valence-corrected chi connectivity index (χ2v) is 13.3. The second-order valence-electron chi connectivity index (χ2n) is 13.3. The molecule has 4 aliphatic rings. The summed E-state index contributed by atoms with van der Waals surface area (Å²) in [5.74, 6) is -3.13. The number of carbonyl (C=O) groups is 6. The maximum atomic E-state index is 13.5. The van der Waals surface area contributed by atoms with E-state index in [9.17, 15) is 33.9 Å². The highest BCUT2D eigenvalue weighted by Gasteiger charge is 2.45. The third kappa shape index (κ3) is 9.39. The molecule has 0 radical (unpaired) electrons. The van der Waals surface area contributed by atoms with Gasteiger partial charge in [0.05, 0.1) is 25.3 Å². The predicted octanol–water partition coefficient (Wildman–Crippen LogP) is 2.09. The third-order valence-electron chi connectivity index (χ3n) is 10.1. The smallest absolute Gasteiger partial charge is 0.315 e. The van der Waals surface area contributed by atoms with Crippen LogP contribution in [-0.4, -0.2) is 99.5 Å². The molecule has 5 unspecified atom stereocenters. The van der Waals surface area contributed by atoms with Gasteiger partial charge in [-0.2, -0.15) is 0 Å². The summed E-state index contributed by atoms with van der Waals surface area (Å²) in [5, 5.41) is 27.7. The molecule has 5 atom stereocenters. The Labute approximate surface area is 258 Å². The number of fused-ring (bicyclic) bond motifs is 1. The Morgan fingerprint density at radius 3 is 2.14 bits per heavy atom. The Hall–Kier alpha value is -3.22. The van der Waals surface area contributed by atoms with Gasteiger partial charge in [0.15, 0.2) is 0 Å². The van der Waals surface area contributed by atoms with E-state index in [1.807, 2.05) is 0 Å². The van der Waals surface area contributed by atoms with Crippen LogP contribution in [0.25, 0.3) is 0 Å². The van der Waals surface area contributed by atoms with E-state index in [1.165, 1.54) is 6.42 Å². The number of aliphatic carboxylic acids is 2. The molecule has 1 heterocycles. The summed E-state index contributed by atoms with van der Waals surface area (Å²) in [6.07, 6.45) is 9.09. The Morgan fingerprint density at radius 1 is 0.795 bits per heavy atom. The number of nitrogens with one attached hydrogen (secondary N) is 3. The minimum atomic E-state index is -1.12. The van der Waals surface area contributed by atoms with Crippen LogP contribution in [0.1, 0.15) is 96.8 Å². The lowest BCUT2D eigenvalue weighted by Gasteiger charge is -2.40. The molecule has 0 bridgehead atoms. The monoisotopic (exact) mass is 619 g/mol. The van der Waals surface area contributed by atoms with Crippen LogP contribution in [0.5, 0.6) is 0 Å². The number of carbonyl (C=O) groups excluding carboxylic acids is 4. The highest BCUT2D eigenvalue weighted by atomic mass is 16.4. The van der Waals surface area contributed by atoms with Crippen LogP contribution in [0.4, 0.5) is 4.79 Å². The fraction of sp³-hybridized carbons (Fsp3) is 0.806. The number of hydrogen-bond acceptors (Lipinski definition) is 7. The van der Waals surface area contributed by atoms with Crippen LogP contribution in [0.3, 0.4) is 0 Å². The molecule has 5 amide bonds. The third-order valence-corrected chi connectivity index (χ3v) is 10.1. The number of carboxylic acids is 2. The first-order valence-electron chi connectivity index (χ1n) is 16.4. The molecule has 0 spiro atoms. The summed E-state index contributed by atoms with van der Waals surface area (Å²) in [6, 6.07) is -0.394. The van der Waals surface area contributed by atoms with Crippen molar-refractivity contribution < 1.29 is 39.0 Å². The van der Waals surface area contributed by atoms with Crippen molar-refractivity contribution in [1.29, 1.82) is 0 Å². The van der Waals surface area contributed by atoms with Gasteiger partial charge in [-0.1, -0.05) is 19.8 Å². The van der Waals surface area contributed by atoms with Crippen LogP contribution in [0.15, 0.2) is 0 Å². The fourth-order valence-corrected chi connectivity index (χ4v) is 7.60. The molecule has 1 saturated heterocycles. The largest absolute Gasteiger partial charge is 0.481 e. The summed E-state index contributed by atoms with van der Waals surface area (Å²) in [5.41, 5.74) is 0. The van der Waals surface area contributed by atoms with E-state index < -0.39 is 29.7 Å². The van der Waals surface area contributed by atoms with Gasteiger partial charge in [0, 0.05) is 43.7 Å². The van der Waals surface area contributed by atoms with Gasteiger partial charge < -0.3 is 26.2 Å². The first-order chi connectivity index (χ1) is 21.0. The zero-order valence-electron chi connectivity index (χ0n) is 25.8. The number of rotatable bonds is 11. The molecule has 5 N–H and O–H groups in total. The van der Waals surface area contributed by atoms with Gasteiger partial charge in [0.2, 0.25) is 17.7 Å². The van der Waals surface area contributed by atoms with Crippen LogP contribution >= 0.6 is 0 Å². The van der Waals surface area contributed by atoms with Crippen molar-refractivity contribution in [2.45, 2.75) is 121 Å². The van der Waals surface area contributed by atoms with Crippen molar-refractivity contribution in [1.82, 2.24) is 25.8 Å². The van der Waals surface area contributed by atoms with Crippen molar-refractivity contribution in [3.8, 4) is 0 Å². The molecule has 1 aliphatic heterocycles. The van der Waals surface area contributed by atoms with Crippen LogP contribution in [0, 0.1) is 17.8 Å². The number of carboxylic acid groups (broad SMARTS) is 2. The van der Waals surface area contributed by atoms with Crippen molar-refractivity contribution in [2.75, 3.05) is 19.6 Å². The molecule has 4 fully saturated rings. The summed E-state index contributed by atoms with van der Waals surface area (Å²) >= 11 is 0. The lowest BCUT2D eigenvalue weighted by atomic mass is 9.79. The van der Waals surface area contributed by atoms with E-state index in [2.05, 4.69) is 22.9 Å². The van der Waals surface area contributed by atoms with Gasteiger partial charge in [-0.25, -0.2) is 4.79 Å². The molecule has 44 heavy (non-hydrogen) atoms. The standard InChI is InChI=1S/C31H49N5O8/c1-19-4-2-3-5-24(19)34-31(44)33-21-8-6-20(7-9-21)16-26(37)32-22-10-11-25-23(17-22)30(43)36(15-13-29(41)42)27(38)18-35(25)14-12-28(39)40/h19-25H,2-18H2,1H3,(H,32,37)(H,39,40)(H,41,42)(H2,33,34,44). The molecule has 0 aromatic rings. The van der Waals surface area contributed by atoms with E-state index in [0.29, 0.717) is 31.6 Å². The molecule has 0 aromatic carbocycles. The van der Waals surface area contributed by atoms with Gasteiger partial charge in [0.1, 0.15) is 0 Å². The van der Waals surface area contributed by atoms with E-state index in [1.54, 1.807) is 4.90 Å². The normalized spacial score (nSPS) is 31.4. The van der Waals surface area contributed by atoms with E-state index in [-0.39, 0.29) is 74.5 Å². The average molecular weight is 620 g/mol. The van der Waals surface area contributed by atoms with Crippen molar-refractivity contribution in [3.63, 3.8) is 0 Å². The summed E-state index contributed by atoms with van der Waals surface area (Å²) in [6.45, 7) is 1.92. The zero-order chi connectivity index (χ0) is 31.8. The molecule has 13 heteroatoms. The van der Waals surface area contributed by atoms with Gasteiger partial charge >= 0.3 is 18.0 Å². The summed E-state index contributed by atoms with van der Waals surface area (Å²) < 4.78 is 0. The van der Waals surface area contributed by atoms with E-state index in [0.717, 1.165) is 49.8 Å². The van der Waals surface area contributed by atoms with Crippen molar-refractivity contribution in [2.24, 2.45) is 17.8 Å². The average Bonchev–Trinajstić information content (AvgIpc) is 3.06. The lowest BCUT2D eigenvalue weighted by Crippen LogP contribution is -2.51. The predicted molar refractivity (Wildman–Crippen MR) is 159 cm³/mol. The highest BCUT2D eigenvalue weighted by molar-refractivity contribution is 5.99. The molecular formula is C31H49N5O8. The molecule has 246 valence electrons. The van der Waals surface area contributed by atoms with Gasteiger partial charge in [0.25, 0.3) is 0 Å². The van der Waals surface area contributed by atoms with Crippen LogP contribution in [-0.2, 0) is 24.0 Å². The van der Waals surface area contributed by atoms with E-state index >= 15 is 0 Å².